The Balaban J connectivity index is 1.70. The number of aromatic nitrogens is 1. The lowest BCUT2D eigenvalue weighted by molar-refractivity contribution is -0.123. The average Bonchev–Trinajstić information content (AvgIpc) is 2.83. The summed E-state index contributed by atoms with van der Waals surface area (Å²) in [7, 11) is 0. The summed E-state index contributed by atoms with van der Waals surface area (Å²) in [6, 6.07) is 18.4. The maximum atomic E-state index is 12.6. The molecule has 0 N–H and O–H groups in total. The average molecular weight is 344 g/mol. The quantitative estimate of drug-likeness (QED) is 0.718. The number of hydrogen-bond donors (Lipinski definition) is 0. The molecule has 0 spiro atoms. The van der Waals surface area contributed by atoms with Gasteiger partial charge in [-0.25, -0.2) is 0 Å². The smallest absolute Gasteiger partial charge is 0.253 e. The summed E-state index contributed by atoms with van der Waals surface area (Å²) in [5, 5.41) is 0. The summed E-state index contributed by atoms with van der Waals surface area (Å²) in [4.78, 5) is 18.6. The third kappa shape index (κ3) is 3.37. The molecule has 1 amide bonds. The fourth-order valence-electron chi connectivity index (χ4n) is 3.19. The van der Waals surface area contributed by atoms with E-state index in [1.807, 2.05) is 35.4 Å². The maximum absolute atomic E-state index is 12.6. The number of rotatable bonds is 3. The number of carbonyl (C=O) groups is 1. The number of pyridine rings is 1. The third-order valence-electron chi connectivity index (χ3n) is 4.61. The molecule has 4 rings (SSSR count). The molecular formula is C22H20N2O2. The highest BCUT2D eigenvalue weighted by Gasteiger charge is 2.23. The van der Waals surface area contributed by atoms with Crippen molar-refractivity contribution in [3.8, 4) is 11.1 Å². The Hall–Kier alpha value is -2.98. The van der Waals surface area contributed by atoms with Crippen LogP contribution in [0, 0.1) is 6.92 Å². The first-order valence-corrected chi connectivity index (χ1v) is 8.68. The minimum atomic E-state index is -0.0153. The summed E-state index contributed by atoms with van der Waals surface area (Å²) in [6.45, 7) is 3.13. The van der Waals surface area contributed by atoms with Crippen LogP contribution in [-0.2, 0) is 22.7 Å². The van der Waals surface area contributed by atoms with E-state index < -0.39 is 0 Å². The zero-order valence-corrected chi connectivity index (χ0v) is 14.7. The van der Waals surface area contributed by atoms with Gasteiger partial charge in [0.2, 0.25) is 0 Å². The van der Waals surface area contributed by atoms with Gasteiger partial charge in [0.1, 0.15) is 6.61 Å². The Labute approximate surface area is 153 Å². The number of carbonyl (C=O) groups excluding carboxylic acids is 1. The molecule has 130 valence electrons. The van der Waals surface area contributed by atoms with Crippen LogP contribution in [0.15, 0.2) is 67.0 Å². The number of ether oxygens (including phenoxy) is 1. The fraction of sp³-hybridized carbons (Fsp3) is 0.182. The molecule has 0 atom stereocenters. The summed E-state index contributed by atoms with van der Waals surface area (Å²) in [6.07, 6.45) is 3.60. The molecule has 26 heavy (non-hydrogen) atoms. The summed E-state index contributed by atoms with van der Waals surface area (Å²) >= 11 is 0. The Morgan fingerprint density at radius 3 is 2.65 bits per heavy atom. The first-order chi connectivity index (χ1) is 12.7. The van der Waals surface area contributed by atoms with Crippen LogP contribution in [0.5, 0.6) is 0 Å². The molecule has 4 heteroatoms. The Bertz CT molecular complexity index is 921. The standard InChI is InChI=1S/C22H20N2O2/c1-16-4-6-17(7-5-16)13-24-21-9-8-18(19-3-2-10-23-12-19)11-20(21)14-26-15-22(24)25/h2-12H,13-15H2,1H3. The molecule has 1 aromatic heterocycles. The molecule has 0 saturated heterocycles. The molecule has 2 aromatic carbocycles. The van der Waals surface area contributed by atoms with E-state index in [1.54, 1.807) is 6.20 Å². The van der Waals surface area contributed by atoms with Gasteiger partial charge in [0, 0.05) is 29.2 Å². The number of amides is 1. The van der Waals surface area contributed by atoms with Gasteiger partial charge in [-0.05, 0) is 36.2 Å². The fourth-order valence-corrected chi connectivity index (χ4v) is 3.19. The van der Waals surface area contributed by atoms with Gasteiger partial charge in [0.25, 0.3) is 5.91 Å². The van der Waals surface area contributed by atoms with E-state index in [0.717, 1.165) is 27.9 Å². The van der Waals surface area contributed by atoms with Gasteiger partial charge >= 0.3 is 0 Å². The highest BCUT2D eigenvalue weighted by Crippen LogP contribution is 2.30. The number of fused-ring (bicyclic) bond motifs is 1. The van der Waals surface area contributed by atoms with Crippen LogP contribution in [0.25, 0.3) is 11.1 Å². The van der Waals surface area contributed by atoms with Gasteiger partial charge in [-0.1, -0.05) is 42.0 Å². The SMILES string of the molecule is Cc1ccc(CN2C(=O)COCc3cc(-c4cccnc4)ccc32)cc1. The predicted octanol–water partition coefficient (Wildman–Crippen LogP) is 4.12. The van der Waals surface area contributed by atoms with E-state index in [-0.39, 0.29) is 12.5 Å². The lowest BCUT2D eigenvalue weighted by atomic mass is 10.0. The number of hydrogen-bond acceptors (Lipinski definition) is 3. The van der Waals surface area contributed by atoms with Crippen molar-refractivity contribution in [2.45, 2.75) is 20.1 Å². The van der Waals surface area contributed by atoms with Gasteiger partial charge < -0.3 is 9.64 Å². The summed E-state index contributed by atoms with van der Waals surface area (Å²) in [5.74, 6) is -0.0153. The molecule has 4 nitrogen and oxygen atoms in total. The highest BCUT2D eigenvalue weighted by atomic mass is 16.5. The molecule has 0 unspecified atom stereocenters. The minimum Gasteiger partial charge on any atom is -0.367 e. The second-order valence-corrected chi connectivity index (χ2v) is 6.54. The van der Waals surface area contributed by atoms with Crippen LogP contribution in [0.1, 0.15) is 16.7 Å². The monoisotopic (exact) mass is 344 g/mol. The lowest BCUT2D eigenvalue weighted by Gasteiger charge is -2.23. The van der Waals surface area contributed by atoms with Gasteiger partial charge in [0.15, 0.2) is 0 Å². The highest BCUT2D eigenvalue weighted by molar-refractivity contribution is 5.95. The molecular weight excluding hydrogens is 324 g/mol. The molecule has 0 bridgehead atoms. The number of anilines is 1. The molecule has 0 radical (unpaired) electrons. The second kappa shape index (κ2) is 7.10. The van der Waals surface area contributed by atoms with E-state index in [1.165, 1.54) is 5.56 Å². The van der Waals surface area contributed by atoms with E-state index in [2.05, 4.69) is 42.2 Å². The number of nitrogens with zero attached hydrogens (tertiary/aromatic N) is 2. The maximum Gasteiger partial charge on any atom is 0.253 e. The van der Waals surface area contributed by atoms with Crippen molar-refractivity contribution in [1.82, 2.24) is 4.98 Å². The van der Waals surface area contributed by atoms with E-state index in [9.17, 15) is 4.79 Å². The van der Waals surface area contributed by atoms with Crippen LogP contribution >= 0.6 is 0 Å². The topological polar surface area (TPSA) is 42.4 Å². The van der Waals surface area contributed by atoms with Crippen molar-refractivity contribution >= 4 is 11.6 Å². The zero-order chi connectivity index (χ0) is 17.9. The Morgan fingerprint density at radius 1 is 1.04 bits per heavy atom. The first-order valence-electron chi connectivity index (χ1n) is 8.68. The zero-order valence-electron chi connectivity index (χ0n) is 14.7. The van der Waals surface area contributed by atoms with Crippen molar-refractivity contribution in [2.24, 2.45) is 0 Å². The molecule has 0 fully saturated rings. The van der Waals surface area contributed by atoms with Crippen LogP contribution in [-0.4, -0.2) is 17.5 Å². The first kappa shape index (κ1) is 16.5. The molecule has 0 aliphatic carbocycles. The van der Waals surface area contributed by atoms with Gasteiger partial charge in [-0.3, -0.25) is 9.78 Å². The second-order valence-electron chi connectivity index (χ2n) is 6.54. The number of benzene rings is 2. The van der Waals surface area contributed by atoms with Crippen LogP contribution in [0.3, 0.4) is 0 Å². The van der Waals surface area contributed by atoms with Crippen molar-refractivity contribution < 1.29 is 9.53 Å². The Kier molecular flexibility index (Phi) is 4.50. The largest absolute Gasteiger partial charge is 0.367 e. The third-order valence-corrected chi connectivity index (χ3v) is 4.61. The Morgan fingerprint density at radius 2 is 1.88 bits per heavy atom. The molecule has 1 aliphatic rings. The number of aryl methyl sites for hydroxylation is 1. The van der Waals surface area contributed by atoms with Crippen molar-refractivity contribution in [2.75, 3.05) is 11.5 Å². The normalized spacial score (nSPS) is 14.0. The summed E-state index contributed by atoms with van der Waals surface area (Å²) < 4.78 is 5.60. The van der Waals surface area contributed by atoms with Crippen LogP contribution in [0.4, 0.5) is 5.69 Å². The minimum absolute atomic E-state index is 0.0153. The van der Waals surface area contributed by atoms with Crippen molar-refractivity contribution in [3.05, 3.63) is 83.7 Å². The molecule has 0 saturated carbocycles. The van der Waals surface area contributed by atoms with E-state index in [0.29, 0.717) is 13.2 Å². The lowest BCUT2D eigenvalue weighted by Crippen LogP contribution is -2.32. The van der Waals surface area contributed by atoms with Crippen molar-refractivity contribution in [3.63, 3.8) is 0 Å². The van der Waals surface area contributed by atoms with E-state index in [4.69, 9.17) is 4.74 Å². The predicted molar refractivity (Wildman–Crippen MR) is 102 cm³/mol. The van der Waals surface area contributed by atoms with E-state index >= 15 is 0 Å². The molecule has 2 heterocycles. The molecule has 1 aliphatic heterocycles. The van der Waals surface area contributed by atoms with Crippen molar-refractivity contribution in [1.29, 1.82) is 0 Å². The molecule has 3 aromatic rings. The van der Waals surface area contributed by atoms with Gasteiger partial charge in [-0.2, -0.15) is 0 Å². The van der Waals surface area contributed by atoms with Crippen LogP contribution < -0.4 is 4.90 Å². The van der Waals surface area contributed by atoms with Gasteiger partial charge in [-0.15, -0.1) is 0 Å². The van der Waals surface area contributed by atoms with Crippen LogP contribution in [0.2, 0.25) is 0 Å². The summed E-state index contributed by atoms with van der Waals surface area (Å²) in [5.41, 5.74) is 6.37. The van der Waals surface area contributed by atoms with Gasteiger partial charge in [0.05, 0.1) is 13.2 Å².